The van der Waals surface area contributed by atoms with Gasteiger partial charge < -0.3 is 11.1 Å². The summed E-state index contributed by atoms with van der Waals surface area (Å²) >= 11 is 0. The fraction of sp³-hybridized carbons (Fsp3) is 0.182. The first-order valence-corrected chi connectivity index (χ1v) is 5.15. The first kappa shape index (κ1) is 11.3. The van der Waals surface area contributed by atoms with Crippen LogP contribution in [0.25, 0.3) is 0 Å². The van der Waals surface area contributed by atoms with E-state index in [9.17, 15) is 4.79 Å². The minimum Gasteiger partial charge on any atom is -0.325 e. The molecule has 0 fully saturated rings. The quantitative estimate of drug-likeness (QED) is 0.806. The van der Waals surface area contributed by atoms with Gasteiger partial charge in [0.25, 0.3) is 5.91 Å². The van der Waals surface area contributed by atoms with Crippen molar-refractivity contribution < 1.29 is 4.79 Å². The summed E-state index contributed by atoms with van der Waals surface area (Å²) in [5, 5.41) is 6.72. The van der Waals surface area contributed by atoms with Crippen LogP contribution in [0.5, 0.6) is 0 Å². The van der Waals surface area contributed by atoms with E-state index in [4.69, 9.17) is 5.73 Å². The van der Waals surface area contributed by atoms with Crippen molar-refractivity contribution in [1.29, 1.82) is 0 Å². The highest BCUT2D eigenvalue weighted by Crippen LogP contribution is 2.08. The molecule has 0 bridgehead atoms. The second-order valence-corrected chi connectivity index (χ2v) is 3.53. The van der Waals surface area contributed by atoms with Gasteiger partial charge >= 0.3 is 0 Å². The van der Waals surface area contributed by atoms with Gasteiger partial charge in [0.15, 0.2) is 0 Å². The second kappa shape index (κ2) is 4.75. The SMILES string of the molecule is Cn1nccc1NC(=O)c1ccnc(CN)c1. The third-order valence-electron chi connectivity index (χ3n) is 2.35. The molecule has 0 spiro atoms. The van der Waals surface area contributed by atoms with Crippen molar-refractivity contribution in [1.82, 2.24) is 14.8 Å². The van der Waals surface area contributed by atoms with Crippen LogP contribution in [0.4, 0.5) is 5.82 Å². The van der Waals surface area contributed by atoms with Gasteiger partial charge in [0, 0.05) is 31.4 Å². The summed E-state index contributed by atoms with van der Waals surface area (Å²) < 4.78 is 1.59. The van der Waals surface area contributed by atoms with Crippen LogP contribution in [-0.2, 0) is 13.6 Å². The largest absolute Gasteiger partial charge is 0.325 e. The van der Waals surface area contributed by atoms with E-state index in [1.165, 1.54) is 0 Å². The van der Waals surface area contributed by atoms with Gasteiger partial charge in [-0.2, -0.15) is 5.10 Å². The highest BCUT2D eigenvalue weighted by Gasteiger charge is 2.08. The molecule has 0 unspecified atom stereocenters. The van der Waals surface area contributed by atoms with E-state index in [2.05, 4.69) is 15.4 Å². The van der Waals surface area contributed by atoms with Crippen molar-refractivity contribution in [2.45, 2.75) is 6.54 Å². The number of carbonyl (C=O) groups is 1. The van der Waals surface area contributed by atoms with Crippen LogP contribution >= 0.6 is 0 Å². The molecule has 0 aromatic carbocycles. The molecule has 6 heteroatoms. The van der Waals surface area contributed by atoms with Crippen molar-refractivity contribution in [2.75, 3.05) is 5.32 Å². The molecule has 0 aliphatic rings. The van der Waals surface area contributed by atoms with Crippen molar-refractivity contribution in [3.05, 3.63) is 41.9 Å². The number of aryl methyl sites for hydroxylation is 1. The van der Waals surface area contributed by atoms with Gasteiger partial charge in [-0.05, 0) is 12.1 Å². The molecule has 2 heterocycles. The van der Waals surface area contributed by atoms with Gasteiger partial charge in [-0.3, -0.25) is 14.5 Å². The number of aromatic nitrogens is 3. The van der Waals surface area contributed by atoms with E-state index >= 15 is 0 Å². The smallest absolute Gasteiger partial charge is 0.256 e. The van der Waals surface area contributed by atoms with Crippen molar-refractivity contribution in [3.8, 4) is 0 Å². The Balaban J connectivity index is 2.17. The first-order chi connectivity index (χ1) is 8.20. The third kappa shape index (κ3) is 2.48. The maximum atomic E-state index is 11.9. The summed E-state index contributed by atoms with van der Waals surface area (Å²) in [6.45, 7) is 0.312. The lowest BCUT2D eigenvalue weighted by molar-refractivity contribution is 0.102. The molecule has 6 nitrogen and oxygen atoms in total. The average molecular weight is 231 g/mol. The van der Waals surface area contributed by atoms with E-state index in [0.29, 0.717) is 23.6 Å². The summed E-state index contributed by atoms with van der Waals surface area (Å²) in [6, 6.07) is 5.04. The zero-order valence-electron chi connectivity index (χ0n) is 9.42. The molecule has 17 heavy (non-hydrogen) atoms. The monoisotopic (exact) mass is 231 g/mol. The average Bonchev–Trinajstić information content (AvgIpc) is 2.75. The number of hydrogen-bond donors (Lipinski definition) is 2. The van der Waals surface area contributed by atoms with Gasteiger partial charge in [-0.25, -0.2) is 0 Å². The molecule has 0 aliphatic heterocycles. The Kier molecular flexibility index (Phi) is 3.15. The van der Waals surface area contributed by atoms with Crippen LogP contribution in [0.1, 0.15) is 16.1 Å². The Hall–Kier alpha value is -2.21. The third-order valence-corrected chi connectivity index (χ3v) is 2.35. The minimum atomic E-state index is -0.203. The number of nitrogens with one attached hydrogen (secondary N) is 1. The lowest BCUT2D eigenvalue weighted by atomic mass is 10.2. The van der Waals surface area contributed by atoms with Crippen LogP contribution in [0.2, 0.25) is 0 Å². The number of rotatable bonds is 3. The summed E-state index contributed by atoms with van der Waals surface area (Å²) in [6.07, 6.45) is 3.19. The number of nitrogens with two attached hydrogens (primary N) is 1. The fourth-order valence-corrected chi connectivity index (χ4v) is 1.42. The van der Waals surface area contributed by atoms with Gasteiger partial charge in [-0.15, -0.1) is 0 Å². The van der Waals surface area contributed by atoms with E-state index < -0.39 is 0 Å². The molecule has 1 amide bonds. The van der Waals surface area contributed by atoms with Crippen LogP contribution in [0, 0.1) is 0 Å². The number of nitrogens with zero attached hydrogens (tertiary/aromatic N) is 3. The molecule has 88 valence electrons. The van der Waals surface area contributed by atoms with Gasteiger partial charge in [0.05, 0.1) is 11.9 Å². The zero-order valence-corrected chi connectivity index (χ0v) is 9.42. The maximum absolute atomic E-state index is 11.9. The predicted octanol–water partition coefficient (Wildman–Crippen LogP) is 0.526. The number of anilines is 1. The second-order valence-electron chi connectivity index (χ2n) is 3.53. The predicted molar refractivity (Wildman–Crippen MR) is 63.3 cm³/mol. The molecule has 3 N–H and O–H groups in total. The molecule has 0 radical (unpaired) electrons. The Bertz CT molecular complexity index is 534. The number of pyridine rings is 1. The number of carbonyl (C=O) groups excluding carboxylic acids is 1. The molecular weight excluding hydrogens is 218 g/mol. The van der Waals surface area contributed by atoms with Gasteiger partial charge in [0.1, 0.15) is 5.82 Å². The van der Waals surface area contributed by atoms with Crippen molar-refractivity contribution in [2.24, 2.45) is 12.8 Å². The van der Waals surface area contributed by atoms with Crippen LogP contribution in [0.15, 0.2) is 30.6 Å². The number of hydrogen-bond acceptors (Lipinski definition) is 4. The number of amides is 1. The Morgan fingerprint density at radius 3 is 2.94 bits per heavy atom. The normalized spacial score (nSPS) is 10.2. The van der Waals surface area contributed by atoms with E-state index in [-0.39, 0.29) is 5.91 Å². The van der Waals surface area contributed by atoms with Crippen molar-refractivity contribution >= 4 is 11.7 Å². The van der Waals surface area contributed by atoms with Crippen LogP contribution in [0.3, 0.4) is 0 Å². The fourth-order valence-electron chi connectivity index (χ4n) is 1.42. The maximum Gasteiger partial charge on any atom is 0.256 e. The molecule has 0 saturated carbocycles. The molecular formula is C11H13N5O. The molecule has 2 aromatic heterocycles. The lowest BCUT2D eigenvalue weighted by Crippen LogP contribution is -2.15. The molecule has 0 aliphatic carbocycles. The van der Waals surface area contributed by atoms with Crippen molar-refractivity contribution in [3.63, 3.8) is 0 Å². The minimum absolute atomic E-state index is 0.203. The zero-order chi connectivity index (χ0) is 12.3. The van der Waals surface area contributed by atoms with Gasteiger partial charge in [-0.1, -0.05) is 0 Å². The summed E-state index contributed by atoms with van der Waals surface area (Å²) in [5.41, 5.74) is 6.68. The highest BCUT2D eigenvalue weighted by molar-refractivity contribution is 6.03. The topological polar surface area (TPSA) is 85.8 Å². The molecule has 2 aromatic rings. The summed E-state index contributed by atoms with van der Waals surface area (Å²) in [4.78, 5) is 15.9. The summed E-state index contributed by atoms with van der Waals surface area (Å²) in [5.74, 6) is 0.437. The Morgan fingerprint density at radius 1 is 1.47 bits per heavy atom. The molecule has 2 rings (SSSR count). The van der Waals surface area contributed by atoms with Crippen LogP contribution in [-0.4, -0.2) is 20.7 Å². The van der Waals surface area contributed by atoms with Crippen LogP contribution < -0.4 is 11.1 Å². The lowest BCUT2D eigenvalue weighted by Gasteiger charge is -2.05. The highest BCUT2D eigenvalue weighted by atomic mass is 16.1. The summed E-state index contributed by atoms with van der Waals surface area (Å²) in [7, 11) is 1.76. The Morgan fingerprint density at radius 2 is 2.29 bits per heavy atom. The Labute approximate surface area is 98.5 Å². The molecule has 0 atom stereocenters. The van der Waals surface area contributed by atoms with E-state index in [1.807, 2.05) is 0 Å². The first-order valence-electron chi connectivity index (χ1n) is 5.15. The molecule has 0 saturated heterocycles. The van der Waals surface area contributed by atoms with E-state index in [0.717, 1.165) is 0 Å². The van der Waals surface area contributed by atoms with E-state index in [1.54, 1.807) is 42.3 Å². The van der Waals surface area contributed by atoms with Gasteiger partial charge in [0.2, 0.25) is 0 Å². The standard InChI is InChI=1S/C11H13N5O/c1-16-10(3-5-14-16)15-11(17)8-2-4-13-9(6-8)7-12/h2-6H,7,12H2,1H3,(H,15,17).